The summed E-state index contributed by atoms with van der Waals surface area (Å²) in [5.74, 6) is 0.924. The van der Waals surface area contributed by atoms with Gasteiger partial charge in [0.05, 0.1) is 19.3 Å². The van der Waals surface area contributed by atoms with Gasteiger partial charge in [0.2, 0.25) is 0 Å². The van der Waals surface area contributed by atoms with E-state index in [0.29, 0.717) is 26.3 Å². The molecule has 24 heavy (non-hydrogen) atoms. The van der Waals surface area contributed by atoms with Crippen LogP contribution in [0, 0.1) is 0 Å². The molecule has 6 heteroatoms. The molecule has 0 aromatic heterocycles. The van der Waals surface area contributed by atoms with Crippen molar-refractivity contribution in [3.05, 3.63) is 29.8 Å². The largest absolute Gasteiger partial charge is 0.488 e. The lowest BCUT2D eigenvalue weighted by Crippen LogP contribution is -2.41. The molecule has 0 unspecified atom stereocenters. The molecule has 0 spiro atoms. The van der Waals surface area contributed by atoms with Gasteiger partial charge in [-0.25, -0.2) is 4.79 Å². The summed E-state index contributed by atoms with van der Waals surface area (Å²) in [6.45, 7) is 3.26. The molecule has 0 saturated carbocycles. The van der Waals surface area contributed by atoms with Crippen LogP contribution in [0.2, 0.25) is 0 Å². The predicted molar refractivity (Wildman–Crippen MR) is 90.4 cm³/mol. The highest BCUT2D eigenvalue weighted by Crippen LogP contribution is 2.27. The van der Waals surface area contributed by atoms with Crippen LogP contribution in [0.1, 0.15) is 24.8 Å². The second kappa shape index (κ2) is 8.89. The molecule has 3 rings (SSSR count). The number of nitrogens with one attached hydrogen (secondary N) is 2. The minimum Gasteiger partial charge on any atom is -0.488 e. The van der Waals surface area contributed by atoms with Gasteiger partial charge in [0, 0.05) is 26.2 Å². The Labute approximate surface area is 142 Å². The number of benzene rings is 1. The Kier molecular flexibility index (Phi) is 6.32. The van der Waals surface area contributed by atoms with Crippen LogP contribution in [-0.2, 0) is 15.9 Å². The number of rotatable bonds is 8. The highest BCUT2D eigenvalue weighted by Gasteiger charge is 2.22. The van der Waals surface area contributed by atoms with Gasteiger partial charge < -0.3 is 24.8 Å². The normalized spacial score (nSPS) is 22.0. The monoisotopic (exact) mass is 334 g/mol. The highest BCUT2D eigenvalue weighted by molar-refractivity contribution is 5.73. The molecule has 0 bridgehead atoms. The Morgan fingerprint density at radius 3 is 3.00 bits per heavy atom. The average Bonchev–Trinajstić information content (AvgIpc) is 3.25. The summed E-state index contributed by atoms with van der Waals surface area (Å²) in [7, 11) is 0. The van der Waals surface area contributed by atoms with E-state index in [1.165, 1.54) is 5.56 Å². The van der Waals surface area contributed by atoms with Gasteiger partial charge in [-0.3, -0.25) is 0 Å². The minimum atomic E-state index is -0.159. The van der Waals surface area contributed by atoms with Crippen LogP contribution in [0.4, 0.5) is 4.79 Å². The second-order valence-corrected chi connectivity index (χ2v) is 6.25. The molecule has 2 atom stereocenters. The lowest BCUT2D eigenvalue weighted by atomic mass is 10.1. The third kappa shape index (κ3) is 5.11. The molecule has 0 aliphatic carbocycles. The molecular formula is C18H26N2O4. The molecule has 2 amide bonds. The number of hydrogen-bond acceptors (Lipinski definition) is 4. The maximum Gasteiger partial charge on any atom is 0.314 e. The zero-order valence-electron chi connectivity index (χ0n) is 14.0. The lowest BCUT2D eigenvalue weighted by molar-refractivity contribution is 0.0168. The number of hydrogen-bond donors (Lipinski definition) is 2. The van der Waals surface area contributed by atoms with E-state index in [1.807, 2.05) is 18.2 Å². The summed E-state index contributed by atoms with van der Waals surface area (Å²) in [4.78, 5) is 11.8. The van der Waals surface area contributed by atoms with Gasteiger partial charge in [-0.05, 0) is 30.9 Å². The fourth-order valence-corrected chi connectivity index (χ4v) is 3.00. The van der Waals surface area contributed by atoms with Gasteiger partial charge in [0.1, 0.15) is 11.9 Å². The number of ether oxygens (including phenoxy) is 3. The summed E-state index contributed by atoms with van der Waals surface area (Å²) in [6.07, 6.45) is 4.14. The molecule has 1 aromatic carbocycles. The first kappa shape index (κ1) is 17.0. The van der Waals surface area contributed by atoms with Gasteiger partial charge in [0.15, 0.2) is 0 Å². The third-order valence-electron chi connectivity index (χ3n) is 4.28. The molecule has 2 heterocycles. The van der Waals surface area contributed by atoms with Crippen LogP contribution in [0.25, 0.3) is 0 Å². The zero-order chi connectivity index (χ0) is 16.6. The Bertz CT molecular complexity index is 507. The zero-order valence-corrected chi connectivity index (χ0v) is 14.0. The molecular weight excluding hydrogens is 308 g/mol. The van der Waals surface area contributed by atoms with Gasteiger partial charge in [0.25, 0.3) is 0 Å². The van der Waals surface area contributed by atoms with Crippen LogP contribution >= 0.6 is 0 Å². The van der Waals surface area contributed by atoms with Crippen molar-refractivity contribution in [2.45, 2.75) is 37.9 Å². The van der Waals surface area contributed by atoms with E-state index >= 15 is 0 Å². The Morgan fingerprint density at radius 1 is 1.25 bits per heavy atom. The molecule has 0 radical (unpaired) electrons. The van der Waals surface area contributed by atoms with Crippen LogP contribution in [0.3, 0.4) is 0 Å². The van der Waals surface area contributed by atoms with Crippen molar-refractivity contribution in [1.29, 1.82) is 0 Å². The Balaban J connectivity index is 1.20. The fourth-order valence-electron chi connectivity index (χ4n) is 3.00. The second-order valence-electron chi connectivity index (χ2n) is 6.25. The molecule has 6 nitrogen and oxygen atoms in total. The van der Waals surface area contributed by atoms with Gasteiger partial charge in [-0.1, -0.05) is 18.2 Å². The average molecular weight is 334 g/mol. The molecule has 132 valence electrons. The van der Waals surface area contributed by atoms with Crippen molar-refractivity contribution in [3.63, 3.8) is 0 Å². The highest BCUT2D eigenvalue weighted by atomic mass is 16.5. The van der Waals surface area contributed by atoms with Gasteiger partial charge in [-0.2, -0.15) is 0 Å². The van der Waals surface area contributed by atoms with Crippen molar-refractivity contribution in [1.82, 2.24) is 10.6 Å². The van der Waals surface area contributed by atoms with E-state index in [2.05, 4.69) is 16.7 Å². The number of urea groups is 1. The summed E-state index contributed by atoms with van der Waals surface area (Å²) in [6, 6.07) is 7.83. The Hall–Kier alpha value is -1.79. The standard InChI is InChI=1S/C18H26N2O4/c21-18(19-8-4-9-22-13-15-6-3-10-23-15)20-12-16-11-14-5-1-2-7-17(14)24-16/h1-2,5,7,15-16H,3-4,6,8-13H2,(H2,19,20,21)/t15-,16+/m0/s1. The lowest BCUT2D eigenvalue weighted by Gasteiger charge is -2.13. The first-order chi connectivity index (χ1) is 11.8. The van der Waals surface area contributed by atoms with E-state index in [1.54, 1.807) is 0 Å². The molecule has 2 aliphatic heterocycles. The van der Waals surface area contributed by atoms with Gasteiger partial charge >= 0.3 is 6.03 Å². The number of para-hydroxylation sites is 1. The molecule has 1 saturated heterocycles. The number of fused-ring (bicyclic) bond motifs is 1. The van der Waals surface area contributed by atoms with E-state index < -0.39 is 0 Å². The van der Waals surface area contributed by atoms with E-state index in [-0.39, 0.29) is 18.2 Å². The number of carbonyl (C=O) groups excluding carboxylic acids is 1. The van der Waals surface area contributed by atoms with Crippen LogP contribution < -0.4 is 15.4 Å². The molecule has 1 fully saturated rings. The quantitative estimate of drug-likeness (QED) is 0.712. The summed E-state index contributed by atoms with van der Waals surface area (Å²) >= 11 is 0. The Morgan fingerprint density at radius 2 is 2.17 bits per heavy atom. The van der Waals surface area contributed by atoms with Crippen LogP contribution in [-0.4, -0.2) is 51.1 Å². The third-order valence-corrected chi connectivity index (χ3v) is 4.28. The van der Waals surface area contributed by atoms with E-state index in [4.69, 9.17) is 14.2 Å². The smallest absolute Gasteiger partial charge is 0.314 e. The van der Waals surface area contributed by atoms with Crippen molar-refractivity contribution in [2.75, 3.05) is 32.9 Å². The van der Waals surface area contributed by atoms with E-state index in [9.17, 15) is 4.79 Å². The predicted octanol–water partition coefficient (Wildman–Crippen LogP) is 1.88. The molecule has 2 aliphatic rings. The molecule has 2 N–H and O–H groups in total. The first-order valence-electron chi connectivity index (χ1n) is 8.77. The maximum atomic E-state index is 11.8. The van der Waals surface area contributed by atoms with Crippen molar-refractivity contribution < 1.29 is 19.0 Å². The maximum absolute atomic E-state index is 11.8. The van der Waals surface area contributed by atoms with Gasteiger partial charge in [-0.15, -0.1) is 0 Å². The van der Waals surface area contributed by atoms with Crippen LogP contribution in [0.15, 0.2) is 24.3 Å². The van der Waals surface area contributed by atoms with Crippen molar-refractivity contribution in [3.8, 4) is 5.75 Å². The summed E-state index contributed by atoms with van der Waals surface area (Å²) in [5.41, 5.74) is 1.20. The summed E-state index contributed by atoms with van der Waals surface area (Å²) in [5, 5.41) is 5.70. The fraction of sp³-hybridized carbons (Fsp3) is 0.611. The first-order valence-corrected chi connectivity index (χ1v) is 8.77. The molecule has 1 aromatic rings. The summed E-state index contributed by atoms with van der Waals surface area (Å²) < 4.78 is 16.8. The van der Waals surface area contributed by atoms with E-state index in [0.717, 1.165) is 38.0 Å². The van der Waals surface area contributed by atoms with Crippen molar-refractivity contribution in [2.24, 2.45) is 0 Å². The number of carbonyl (C=O) groups is 1. The SMILES string of the molecule is O=C(NCCCOC[C@@H]1CCCO1)NC[C@H]1Cc2ccccc2O1. The van der Waals surface area contributed by atoms with Crippen molar-refractivity contribution >= 4 is 6.03 Å². The topological polar surface area (TPSA) is 68.8 Å². The number of amides is 2. The van der Waals surface area contributed by atoms with Crippen LogP contribution in [0.5, 0.6) is 5.75 Å². The minimum absolute atomic E-state index is 0.0166.